The number of hydrogen-bond donors (Lipinski definition) is 3. The predicted molar refractivity (Wildman–Crippen MR) is 122 cm³/mol. The first kappa shape index (κ1) is 20.8. The average molecular weight is 474 g/mol. The molecule has 6 nitrogen and oxygen atoms in total. The largest absolute Gasteiger partial charge is 0.508 e. The highest BCUT2D eigenvalue weighted by Crippen LogP contribution is 2.39. The van der Waals surface area contributed by atoms with Gasteiger partial charge >= 0.3 is 0 Å². The Balaban J connectivity index is 1.32. The Bertz CT molecular complexity index is 916. The molecule has 1 aliphatic carbocycles. The minimum Gasteiger partial charge on any atom is -0.508 e. The van der Waals surface area contributed by atoms with Gasteiger partial charge in [0.15, 0.2) is 0 Å². The van der Waals surface area contributed by atoms with E-state index in [1.807, 2.05) is 0 Å². The van der Waals surface area contributed by atoms with E-state index in [1.54, 1.807) is 0 Å². The number of phenolic OH excluding ortho intramolecular Hbond substituents is 2. The SMILES string of the molecule is CN1CN(CC2CCCC(CNC(=O)c3cc(O)cc(O)c3)C2)c2ccc(Br)cc21. The molecule has 0 spiro atoms. The fourth-order valence-corrected chi connectivity index (χ4v) is 5.11. The van der Waals surface area contributed by atoms with Crippen LogP contribution >= 0.6 is 15.9 Å². The van der Waals surface area contributed by atoms with Crippen molar-refractivity contribution in [2.45, 2.75) is 25.7 Å². The molecule has 0 radical (unpaired) electrons. The van der Waals surface area contributed by atoms with Crippen molar-refractivity contribution >= 4 is 33.2 Å². The zero-order chi connectivity index (χ0) is 21.3. The fourth-order valence-electron chi connectivity index (χ4n) is 4.76. The molecule has 2 atom stereocenters. The lowest BCUT2D eigenvalue weighted by atomic mass is 9.81. The molecule has 2 unspecified atom stereocenters. The Labute approximate surface area is 185 Å². The van der Waals surface area contributed by atoms with Gasteiger partial charge in [0.1, 0.15) is 11.5 Å². The Morgan fingerprint density at radius 2 is 1.83 bits per heavy atom. The van der Waals surface area contributed by atoms with Crippen LogP contribution in [0.2, 0.25) is 0 Å². The first-order valence-electron chi connectivity index (χ1n) is 10.5. The van der Waals surface area contributed by atoms with E-state index < -0.39 is 0 Å². The quantitative estimate of drug-likeness (QED) is 0.602. The Kier molecular flexibility index (Phi) is 6.09. The van der Waals surface area contributed by atoms with Gasteiger partial charge in [-0.15, -0.1) is 0 Å². The summed E-state index contributed by atoms with van der Waals surface area (Å²) in [5.74, 6) is 0.572. The molecule has 2 aliphatic rings. The van der Waals surface area contributed by atoms with Gasteiger partial charge in [0.25, 0.3) is 5.91 Å². The van der Waals surface area contributed by atoms with Crippen LogP contribution in [0.3, 0.4) is 0 Å². The number of nitrogens with zero attached hydrogens (tertiary/aromatic N) is 2. The molecule has 160 valence electrons. The molecule has 0 saturated heterocycles. The number of benzene rings is 2. The lowest BCUT2D eigenvalue weighted by Gasteiger charge is -2.33. The van der Waals surface area contributed by atoms with Crippen LogP contribution in [0.25, 0.3) is 0 Å². The highest BCUT2D eigenvalue weighted by molar-refractivity contribution is 9.10. The van der Waals surface area contributed by atoms with Crippen LogP contribution in [0.5, 0.6) is 11.5 Å². The van der Waals surface area contributed by atoms with Crippen molar-refractivity contribution in [1.82, 2.24) is 5.32 Å². The van der Waals surface area contributed by atoms with Gasteiger partial charge in [-0.3, -0.25) is 4.79 Å². The number of anilines is 2. The molecule has 0 aromatic heterocycles. The summed E-state index contributed by atoms with van der Waals surface area (Å²) in [4.78, 5) is 17.1. The van der Waals surface area contributed by atoms with E-state index in [1.165, 1.54) is 42.4 Å². The Morgan fingerprint density at radius 3 is 2.60 bits per heavy atom. The van der Waals surface area contributed by atoms with Crippen molar-refractivity contribution in [2.24, 2.45) is 11.8 Å². The molecule has 1 amide bonds. The summed E-state index contributed by atoms with van der Waals surface area (Å²) in [5, 5.41) is 22.1. The van der Waals surface area contributed by atoms with Gasteiger partial charge in [0, 0.05) is 36.2 Å². The van der Waals surface area contributed by atoms with E-state index in [9.17, 15) is 15.0 Å². The Hall–Kier alpha value is -2.41. The highest BCUT2D eigenvalue weighted by Gasteiger charge is 2.29. The zero-order valence-corrected chi connectivity index (χ0v) is 18.7. The number of carbonyl (C=O) groups is 1. The molecule has 1 fully saturated rings. The minimum atomic E-state index is -0.260. The molecule has 1 aliphatic heterocycles. The van der Waals surface area contributed by atoms with Crippen molar-refractivity contribution in [3.05, 3.63) is 46.4 Å². The number of halogens is 1. The molecule has 30 heavy (non-hydrogen) atoms. The standard InChI is InChI=1S/C23H28BrN3O3/c1-26-14-27(21-6-5-18(24)10-22(21)26)13-16-4-2-3-15(7-16)12-25-23(30)17-8-19(28)11-20(29)9-17/h5-6,8-11,15-16,28-29H,2-4,7,12-14H2,1H3,(H,25,30). The molecular weight excluding hydrogens is 446 g/mol. The van der Waals surface area contributed by atoms with Crippen LogP contribution in [0, 0.1) is 11.8 Å². The van der Waals surface area contributed by atoms with E-state index in [-0.39, 0.29) is 23.0 Å². The molecule has 3 N–H and O–H groups in total. The normalized spacial score (nSPS) is 20.9. The van der Waals surface area contributed by atoms with Crippen molar-refractivity contribution in [2.75, 3.05) is 36.6 Å². The van der Waals surface area contributed by atoms with Crippen LogP contribution in [0.15, 0.2) is 40.9 Å². The number of phenols is 2. The molecule has 7 heteroatoms. The van der Waals surface area contributed by atoms with Crippen molar-refractivity contribution in [1.29, 1.82) is 0 Å². The highest BCUT2D eigenvalue weighted by atomic mass is 79.9. The van der Waals surface area contributed by atoms with Gasteiger partial charge in [-0.05, 0) is 61.4 Å². The zero-order valence-electron chi connectivity index (χ0n) is 17.1. The van der Waals surface area contributed by atoms with Crippen LogP contribution in [-0.2, 0) is 0 Å². The summed E-state index contributed by atoms with van der Waals surface area (Å²) in [6.45, 7) is 2.56. The maximum Gasteiger partial charge on any atom is 0.251 e. The predicted octanol–water partition coefficient (Wildman–Crippen LogP) is 4.31. The van der Waals surface area contributed by atoms with Crippen molar-refractivity contribution in [3.63, 3.8) is 0 Å². The number of carbonyl (C=O) groups excluding carboxylic acids is 1. The van der Waals surface area contributed by atoms with Crippen LogP contribution in [0.1, 0.15) is 36.0 Å². The number of rotatable bonds is 5. The number of hydrogen-bond acceptors (Lipinski definition) is 5. The minimum absolute atomic E-state index is 0.110. The van der Waals surface area contributed by atoms with E-state index in [0.717, 1.165) is 30.5 Å². The molecule has 2 aromatic carbocycles. The number of nitrogens with one attached hydrogen (secondary N) is 1. The molecule has 0 bridgehead atoms. The second-order valence-electron chi connectivity index (χ2n) is 8.54. The van der Waals surface area contributed by atoms with E-state index >= 15 is 0 Å². The second-order valence-corrected chi connectivity index (χ2v) is 9.46. The van der Waals surface area contributed by atoms with Crippen LogP contribution < -0.4 is 15.1 Å². The summed E-state index contributed by atoms with van der Waals surface area (Å²) in [7, 11) is 2.13. The topological polar surface area (TPSA) is 76.0 Å². The lowest BCUT2D eigenvalue weighted by molar-refractivity contribution is 0.0939. The summed E-state index contributed by atoms with van der Waals surface area (Å²) >= 11 is 3.56. The maximum absolute atomic E-state index is 12.4. The van der Waals surface area contributed by atoms with E-state index in [4.69, 9.17) is 0 Å². The van der Waals surface area contributed by atoms with Crippen LogP contribution in [-0.4, -0.2) is 42.9 Å². The van der Waals surface area contributed by atoms with Crippen molar-refractivity contribution in [3.8, 4) is 11.5 Å². The summed E-state index contributed by atoms with van der Waals surface area (Å²) in [6, 6.07) is 10.4. The van der Waals surface area contributed by atoms with Gasteiger partial charge in [-0.2, -0.15) is 0 Å². The molecule has 1 saturated carbocycles. The van der Waals surface area contributed by atoms with Gasteiger partial charge in [0.2, 0.25) is 0 Å². The first-order chi connectivity index (χ1) is 14.4. The number of aromatic hydroxyl groups is 2. The average Bonchev–Trinajstić information content (AvgIpc) is 3.00. The Morgan fingerprint density at radius 1 is 1.10 bits per heavy atom. The monoisotopic (exact) mass is 473 g/mol. The van der Waals surface area contributed by atoms with Gasteiger partial charge in [0.05, 0.1) is 18.0 Å². The number of fused-ring (bicyclic) bond motifs is 1. The molecular formula is C23H28BrN3O3. The first-order valence-corrected chi connectivity index (χ1v) is 11.2. The second kappa shape index (κ2) is 8.76. The smallest absolute Gasteiger partial charge is 0.251 e. The molecule has 4 rings (SSSR count). The third-order valence-corrected chi connectivity index (χ3v) is 6.65. The third kappa shape index (κ3) is 4.67. The van der Waals surface area contributed by atoms with Gasteiger partial charge < -0.3 is 25.3 Å². The summed E-state index contributed by atoms with van der Waals surface area (Å²) < 4.78 is 1.10. The van der Waals surface area contributed by atoms with E-state index in [2.05, 4.69) is 56.3 Å². The van der Waals surface area contributed by atoms with Crippen LogP contribution in [0.4, 0.5) is 11.4 Å². The molecule has 1 heterocycles. The lowest BCUT2D eigenvalue weighted by Crippen LogP contribution is -2.37. The number of amides is 1. The third-order valence-electron chi connectivity index (χ3n) is 6.16. The maximum atomic E-state index is 12.4. The summed E-state index contributed by atoms with van der Waals surface area (Å²) in [6.07, 6.45) is 4.61. The van der Waals surface area contributed by atoms with Crippen molar-refractivity contribution < 1.29 is 15.0 Å². The summed E-state index contributed by atoms with van der Waals surface area (Å²) in [5.41, 5.74) is 2.83. The fraction of sp³-hybridized carbons (Fsp3) is 0.435. The van der Waals surface area contributed by atoms with Gasteiger partial charge in [-0.1, -0.05) is 22.4 Å². The van der Waals surface area contributed by atoms with Gasteiger partial charge in [-0.25, -0.2) is 0 Å². The van der Waals surface area contributed by atoms with E-state index in [0.29, 0.717) is 18.4 Å². The molecule has 2 aromatic rings.